The number of aromatic nitrogens is 1. The standard InChI is InChI=1S/C18H23N3O3S/c1-13-10-14(2)18(15(3)11-13)25(22,23)20-17-5-4-16(12-19-17)21-6-8-24-9-7-21/h4-5,10-12H,6-9H2,1-3H3,(H,19,20). The molecule has 2 aromatic rings. The molecule has 0 bridgehead atoms. The molecule has 6 nitrogen and oxygen atoms in total. The summed E-state index contributed by atoms with van der Waals surface area (Å²) in [5.41, 5.74) is 3.47. The van der Waals surface area contributed by atoms with Crippen LogP contribution in [0.15, 0.2) is 35.4 Å². The average molecular weight is 361 g/mol. The molecule has 3 rings (SSSR count). The van der Waals surface area contributed by atoms with Crippen molar-refractivity contribution in [3.05, 3.63) is 47.2 Å². The van der Waals surface area contributed by atoms with E-state index in [-0.39, 0.29) is 0 Å². The van der Waals surface area contributed by atoms with Crippen LogP contribution in [-0.4, -0.2) is 39.7 Å². The van der Waals surface area contributed by atoms with E-state index in [0.29, 0.717) is 23.9 Å². The molecule has 1 aromatic heterocycles. The van der Waals surface area contributed by atoms with Crippen molar-refractivity contribution in [2.45, 2.75) is 25.7 Å². The molecule has 0 radical (unpaired) electrons. The molecule has 0 amide bonds. The van der Waals surface area contributed by atoms with Crippen LogP contribution in [0.1, 0.15) is 16.7 Å². The molecule has 1 N–H and O–H groups in total. The van der Waals surface area contributed by atoms with E-state index in [2.05, 4.69) is 14.6 Å². The fourth-order valence-electron chi connectivity index (χ4n) is 3.23. The molecule has 1 aromatic carbocycles. The number of pyridine rings is 1. The number of rotatable bonds is 4. The van der Waals surface area contributed by atoms with Gasteiger partial charge in [0, 0.05) is 13.1 Å². The second kappa shape index (κ2) is 7.01. The summed E-state index contributed by atoms with van der Waals surface area (Å²) >= 11 is 0. The summed E-state index contributed by atoms with van der Waals surface area (Å²) in [4.78, 5) is 6.76. The van der Waals surface area contributed by atoms with Crippen molar-refractivity contribution in [1.82, 2.24) is 4.98 Å². The van der Waals surface area contributed by atoms with E-state index in [1.54, 1.807) is 12.3 Å². The smallest absolute Gasteiger partial charge is 0.263 e. The Labute approximate surface area is 148 Å². The zero-order chi connectivity index (χ0) is 18.0. The number of hydrogen-bond donors (Lipinski definition) is 1. The summed E-state index contributed by atoms with van der Waals surface area (Å²) < 4.78 is 33.4. The number of anilines is 2. The quantitative estimate of drug-likeness (QED) is 0.906. The molecule has 1 saturated heterocycles. The van der Waals surface area contributed by atoms with Gasteiger partial charge in [-0.15, -0.1) is 0 Å². The van der Waals surface area contributed by atoms with Crippen molar-refractivity contribution in [3.63, 3.8) is 0 Å². The lowest BCUT2D eigenvalue weighted by Gasteiger charge is -2.28. The van der Waals surface area contributed by atoms with Gasteiger partial charge >= 0.3 is 0 Å². The first-order chi connectivity index (χ1) is 11.9. The van der Waals surface area contributed by atoms with Crippen molar-refractivity contribution in [1.29, 1.82) is 0 Å². The largest absolute Gasteiger partial charge is 0.378 e. The van der Waals surface area contributed by atoms with Gasteiger partial charge in [-0.2, -0.15) is 0 Å². The summed E-state index contributed by atoms with van der Waals surface area (Å²) in [6.45, 7) is 8.59. The number of aryl methyl sites for hydroxylation is 3. The lowest BCUT2D eigenvalue weighted by atomic mass is 10.1. The first kappa shape index (κ1) is 17.7. The van der Waals surface area contributed by atoms with Crippen molar-refractivity contribution >= 4 is 21.5 Å². The molecular formula is C18H23N3O3S. The molecule has 0 atom stereocenters. The normalized spacial score (nSPS) is 15.2. The van der Waals surface area contributed by atoms with E-state index in [1.165, 1.54) is 0 Å². The molecule has 1 fully saturated rings. The number of morpholine rings is 1. The minimum atomic E-state index is -3.68. The molecule has 7 heteroatoms. The summed E-state index contributed by atoms with van der Waals surface area (Å²) in [6.07, 6.45) is 1.69. The molecule has 0 saturated carbocycles. The number of benzene rings is 1. The van der Waals surface area contributed by atoms with Gasteiger partial charge in [-0.25, -0.2) is 13.4 Å². The number of sulfonamides is 1. The zero-order valence-corrected chi connectivity index (χ0v) is 15.6. The molecule has 2 heterocycles. The molecule has 1 aliphatic heterocycles. The Hall–Kier alpha value is -2.12. The van der Waals surface area contributed by atoms with Gasteiger partial charge in [0.25, 0.3) is 10.0 Å². The van der Waals surface area contributed by atoms with Gasteiger partial charge in [0.15, 0.2) is 0 Å². The van der Waals surface area contributed by atoms with Crippen LogP contribution in [0.2, 0.25) is 0 Å². The average Bonchev–Trinajstić information content (AvgIpc) is 2.54. The highest BCUT2D eigenvalue weighted by Crippen LogP contribution is 2.24. The van der Waals surface area contributed by atoms with Crippen LogP contribution in [0.4, 0.5) is 11.5 Å². The van der Waals surface area contributed by atoms with E-state index in [0.717, 1.165) is 35.5 Å². The van der Waals surface area contributed by atoms with Gasteiger partial charge in [-0.3, -0.25) is 4.72 Å². The van der Waals surface area contributed by atoms with Gasteiger partial charge in [0.1, 0.15) is 5.82 Å². The van der Waals surface area contributed by atoms with Crippen LogP contribution in [0.3, 0.4) is 0 Å². The third kappa shape index (κ3) is 3.93. The van der Waals surface area contributed by atoms with E-state index in [4.69, 9.17) is 4.74 Å². The predicted molar refractivity (Wildman–Crippen MR) is 98.7 cm³/mol. The lowest BCUT2D eigenvalue weighted by Crippen LogP contribution is -2.36. The molecule has 25 heavy (non-hydrogen) atoms. The maximum Gasteiger partial charge on any atom is 0.263 e. The van der Waals surface area contributed by atoms with Crippen molar-refractivity contribution in [3.8, 4) is 0 Å². The molecule has 0 unspecified atom stereocenters. The molecule has 0 aliphatic carbocycles. The van der Waals surface area contributed by atoms with E-state index in [1.807, 2.05) is 39.0 Å². The maximum absolute atomic E-state index is 12.8. The Kier molecular flexibility index (Phi) is 4.96. The van der Waals surface area contributed by atoms with Crippen LogP contribution in [0.25, 0.3) is 0 Å². The molecule has 0 spiro atoms. The topological polar surface area (TPSA) is 71.5 Å². The van der Waals surface area contributed by atoms with E-state index < -0.39 is 10.0 Å². The van der Waals surface area contributed by atoms with E-state index >= 15 is 0 Å². The fourth-order valence-corrected chi connectivity index (χ4v) is 4.70. The second-order valence-corrected chi connectivity index (χ2v) is 7.95. The molecule has 134 valence electrons. The van der Waals surface area contributed by atoms with Crippen LogP contribution >= 0.6 is 0 Å². The summed E-state index contributed by atoms with van der Waals surface area (Å²) in [6, 6.07) is 7.32. The van der Waals surface area contributed by atoms with Gasteiger partial charge in [0.2, 0.25) is 0 Å². The predicted octanol–water partition coefficient (Wildman–Crippen LogP) is 2.64. The molecule has 1 aliphatic rings. The monoisotopic (exact) mass is 361 g/mol. The van der Waals surface area contributed by atoms with Crippen LogP contribution < -0.4 is 9.62 Å². The second-order valence-electron chi connectivity index (χ2n) is 6.33. The maximum atomic E-state index is 12.8. The first-order valence-electron chi connectivity index (χ1n) is 8.26. The summed E-state index contributed by atoms with van der Waals surface area (Å²) in [7, 11) is -3.68. The van der Waals surface area contributed by atoms with Crippen LogP contribution in [-0.2, 0) is 14.8 Å². The Balaban J connectivity index is 1.82. The summed E-state index contributed by atoms with van der Waals surface area (Å²) in [5, 5.41) is 0. The van der Waals surface area contributed by atoms with Crippen LogP contribution in [0.5, 0.6) is 0 Å². The minimum absolute atomic E-state index is 0.316. The fraction of sp³-hybridized carbons (Fsp3) is 0.389. The van der Waals surface area contributed by atoms with E-state index in [9.17, 15) is 8.42 Å². The third-order valence-corrected chi connectivity index (χ3v) is 5.90. The number of hydrogen-bond acceptors (Lipinski definition) is 5. The Morgan fingerprint density at radius 1 is 1.08 bits per heavy atom. The highest BCUT2D eigenvalue weighted by Gasteiger charge is 2.20. The lowest BCUT2D eigenvalue weighted by molar-refractivity contribution is 0.122. The third-order valence-electron chi connectivity index (χ3n) is 4.24. The Bertz CT molecular complexity index is 835. The Morgan fingerprint density at radius 3 is 2.28 bits per heavy atom. The molecular weight excluding hydrogens is 338 g/mol. The Morgan fingerprint density at radius 2 is 1.72 bits per heavy atom. The summed E-state index contributed by atoms with van der Waals surface area (Å²) in [5.74, 6) is 0.316. The minimum Gasteiger partial charge on any atom is -0.378 e. The van der Waals surface area contributed by atoms with Crippen molar-refractivity contribution in [2.24, 2.45) is 0 Å². The van der Waals surface area contributed by atoms with Gasteiger partial charge in [-0.1, -0.05) is 17.7 Å². The number of ether oxygens (including phenoxy) is 1. The number of nitrogens with one attached hydrogen (secondary N) is 1. The van der Waals surface area contributed by atoms with Gasteiger partial charge < -0.3 is 9.64 Å². The van der Waals surface area contributed by atoms with Crippen molar-refractivity contribution in [2.75, 3.05) is 35.9 Å². The van der Waals surface area contributed by atoms with Gasteiger partial charge in [0.05, 0.1) is 30.0 Å². The van der Waals surface area contributed by atoms with Crippen molar-refractivity contribution < 1.29 is 13.2 Å². The highest BCUT2D eigenvalue weighted by molar-refractivity contribution is 7.92. The van der Waals surface area contributed by atoms with Gasteiger partial charge in [-0.05, 0) is 44.0 Å². The number of nitrogens with zero attached hydrogens (tertiary/aromatic N) is 2. The highest BCUT2D eigenvalue weighted by atomic mass is 32.2. The van der Waals surface area contributed by atoms with Crippen LogP contribution in [0, 0.1) is 20.8 Å². The zero-order valence-electron chi connectivity index (χ0n) is 14.7. The first-order valence-corrected chi connectivity index (χ1v) is 9.74. The SMILES string of the molecule is Cc1cc(C)c(S(=O)(=O)Nc2ccc(N3CCOCC3)cn2)c(C)c1.